The Morgan fingerprint density at radius 3 is 2.69 bits per heavy atom. The van der Waals surface area contributed by atoms with Gasteiger partial charge in [-0.05, 0) is 0 Å². The predicted octanol–water partition coefficient (Wildman–Crippen LogP) is 0.703. The van der Waals surface area contributed by atoms with Crippen LogP contribution in [0.25, 0.3) is 0 Å². The Labute approximate surface area is 83.8 Å². The number of hydrogen-bond acceptors (Lipinski definition) is 2. The first-order chi connectivity index (χ1) is 6.33. The first kappa shape index (κ1) is 10.0. The van der Waals surface area contributed by atoms with Crippen LogP contribution in [-0.4, -0.2) is 28.0 Å². The average Bonchev–Trinajstić information content (AvgIpc) is 2.19. The van der Waals surface area contributed by atoms with E-state index in [2.05, 4.69) is 4.74 Å². The summed E-state index contributed by atoms with van der Waals surface area (Å²) in [4.78, 5) is 12.6. The van der Waals surface area contributed by atoms with Crippen LogP contribution in [-0.2, 0) is 9.53 Å². The van der Waals surface area contributed by atoms with Crippen LogP contribution in [0, 0.1) is 0 Å². The summed E-state index contributed by atoms with van der Waals surface area (Å²) in [6.45, 7) is 0. The number of esters is 1. The Balaban J connectivity index is 2.44. The van der Waals surface area contributed by atoms with E-state index in [0.29, 0.717) is 0 Å². The number of hydrogen-bond donors (Lipinski definition) is 0. The van der Waals surface area contributed by atoms with Crippen molar-refractivity contribution >= 4 is 25.4 Å². The Kier molecular flexibility index (Phi) is 4.30. The van der Waals surface area contributed by atoms with Gasteiger partial charge in [-0.25, -0.2) is 0 Å². The fourth-order valence-electron chi connectivity index (χ4n) is 0.735. The first-order valence-electron chi connectivity index (χ1n) is 3.79. The van der Waals surface area contributed by atoms with Crippen molar-refractivity contribution < 1.29 is 9.53 Å². The van der Waals surface area contributed by atoms with Gasteiger partial charge in [0.1, 0.15) is 0 Å². The summed E-state index contributed by atoms with van der Waals surface area (Å²) in [7, 11) is 1.38. The summed E-state index contributed by atoms with van der Waals surface area (Å²) in [5, 5.41) is 0. The molecule has 0 fully saturated rings. The van der Waals surface area contributed by atoms with E-state index in [1.54, 1.807) is 0 Å². The molecule has 0 heterocycles. The second-order valence-corrected chi connectivity index (χ2v) is 4.31. The maximum atomic E-state index is 10.7. The standard InChI is InChI=1S/C10H10O2Se/c1-12-10(11)7-8-13-9-5-3-2-4-6-9/h2-8H,1H3/b8-7-. The maximum absolute atomic E-state index is 10.7. The van der Waals surface area contributed by atoms with Crippen LogP contribution in [0.3, 0.4) is 0 Å². The van der Waals surface area contributed by atoms with Gasteiger partial charge in [0.15, 0.2) is 0 Å². The molecule has 13 heavy (non-hydrogen) atoms. The summed E-state index contributed by atoms with van der Waals surface area (Å²) < 4.78 is 5.72. The quantitative estimate of drug-likeness (QED) is 0.442. The average molecular weight is 241 g/mol. The molecule has 0 unspecified atom stereocenters. The number of carbonyl (C=O) groups excluding carboxylic acids is 1. The number of carbonyl (C=O) groups is 1. The van der Waals surface area contributed by atoms with Crippen molar-refractivity contribution in [3.63, 3.8) is 0 Å². The minimum absolute atomic E-state index is 0.218. The van der Waals surface area contributed by atoms with E-state index in [4.69, 9.17) is 0 Å². The molecular weight excluding hydrogens is 231 g/mol. The Bertz CT molecular complexity index is 293. The van der Waals surface area contributed by atoms with Crippen molar-refractivity contribution in [1.82, 2.24) is 0 Å². The molecule has 0 radical (unpaired) electrons. The SMILES string of the molecule is COC(=O)/C=C\[Se]c1ccccc1. The van der Waals surface area contributed by atoms with Gasteiger partial charge < -0.3 is 0 Å². The molecule has 0 atom stereocenters. The molecule has 0 aliphatic carbocycles. The number of benzene rings is 1. The van der Waals surface area contributed by atoms with Gasteiger partial charge in [-0.2, -0.15) is 0 Å². The van der Waals surface area contributed by atoms with E-state index in [9.17, 15) is 4.79 Å². The van der Waals surface area contributed by atoms with Crippen molar-refractivity contribution in [1.29, 1.82) is 0 Å². The van der Waals surface area contributed by atoms with Crippen LogP contribution in [0.5, 0.6) is 0 Å². The zero-order valence-corrected chi connectivity index (χ0v) is 8.98. The van der Waals surface area contributed by atoms with Gasteiger partial charge in [0.05, 0.1) is 0 Å². The summed E-state index contributed by atoms with van der Waals surface area (Å²) in [5.41, 5.74) is 0. The third kappa shape index (κ3) is 3.92. The third-order valence-corrected chi connectivity index (χ3v) is 3.07. The van der Waals surface area contributed by atoms with Gasteiger partial charge >= 0.3 is 83.4 Å². The first-order valence-corrected chi connectivity index (χ1v) is 5.63. The third-order valence-electron chi connectivity index (χ3n) is 1.35. The van der Waals surface area contributed by atoms with E-state index in [0.717, 1.165) is 0 Å². The molecule has 68 valence electrons. The van der Waals surface area contributed by atoms with Gasteiger partial charge in [-0.3, -0.25) is 0 Å². The van der Waals surface area contributed by atoms with Crippen LogP contribution in [0.2, 0.25) is 0 Å². The summed E-state index contributed by atoms with van der Waals surface area (Å²) in [5.74, 6) is -0.294. The van der Waals surface area contributed by atoms with E-state index in [1.165, 1.54) is 17.6 Å². The molecule has 0 aliphatic heterocycles. The van der Waals surface area contributed by atoms with Crippen molar-refractivity contribution in [2.45, 2.75) is 0 Å². The van der Waals surface area contributed by atoms with Gasteiger partial charge in [0.25, 0.3) is 0 Å². The Morgan fingerprint density at radius 2 is 2.08 bits per heavy atom. The Hall–Kier alpha value is -1.05. The second kappa shape index (κ2) is 5.57. The van der Waals surface area contributed by atoms with Crippen LogP contribution >= 0.6 is 0 Å². The molecular formula is C10H10O2Se. The molecule has 2 nitrogen and oxygen atoms in total. The van der Waals surface area contributed by atoms with Crippen molar-refractivity contribution in [2.75, 3.05) is 7.11 Å². The molecule has 0 amide bonds. The molecule has 0 N–H and O–H groups in total. The fourth-order valence-corrected chi connectivity index (χ4v) is 2.10. The molecule has 0 spiro atoms. The molecule has 3 heteroatoms. The molecule has 1 aromatic rings. The van der Waals surface area contributed by atoms with Crippen LogP contribution in [0.15, 0.2) is 41.4 Å². The Morgan fingerprint density at radius 1 is 1.38 bits per heavy atom. The van der Waals surface area contributed by atoms with Crippen LogP contribution in [0.4, 0.5) is 0 Å². The van der Waals surface area contributed by atoms with Gasteiger partial charge in [0, 0.05) is 0 Å². The molecule has 0 aliphatic rings. The van der Waals surface area contributed by atoms with Gasteiger partial charge in [0.2, 0.25) is 0 Å². The molecule has 1 rings (SSSR count). The number of ether oxygens (including phenoxy) is 1. The summed E-state index contributed by atoms with van der Waals surface area (Å²) in [6, 6.07) is 10.0. The minimum atomic E-state index is -0.294. The summed E-state index contributed by atoms with van der Waals surface area (Å²) >= 11 is 0.218. The second-order valence-electron chi connectivity index (χ2n) is 2.26. The van der Waals surface area contributed by atoms with Crippen LogP contribution < -0.4 is 4.46 Å². The van der Waals surface area contributed by atoms with Crippen molar-refractivity contribution in [3.8, 4) is 0 Å². The van der Waals surface area contributed by atoms with Gasteiger partial charge in [-0.1, -0.05) is 0 Å². The van der Waals surface area contributed by atoms with E-state index >= 15 is 0 Å². The van der Waals surface area contributed by atoms with E-state index < -0.39 is 0 Å². The number of methoxy groups -OCH3 is 1. The topological polar surface area (TPSA) is 26.3 Å². The van der Waals surface area contributed by atoms with Gasteiger partial charge in [-0.15, -0.1) is 0 Å². The fraction of sp³-hybridized carbons (Fsp3) is 0.100. The van der Waals surface area contributed by atoms with Crippen LogP contribution in [0.1, 0.15) is 0 Å². The van der Waals surface area contributed by atoms with E-state index in [-0.39, 0.29) is 20.9 Å². The van der Waals surface area contributed by atoms with E-state index in [1.807, 2.05) is 35.3 Å². The zero-order valence-electron chi connectivity index (χ0n) is 7.27. The molecule has 1 aromatic carbocycles. The zero-order chi connectivity index (χ0) is 9.52. The summed E-state index contributed by atoms with van der Waals surface area (Å²) in [6.07, 6.45) is 1.47. The molecule has 0 bridgehead atoms. The molecule has 0 saturated carbocycles. The molecule has 0 saturated heterocycles. The number of rotatable bonds is 3. The predicted molar refractivity (Wildman–Crippen MR) is 53.0 cm³/mol. The van der Waals surface area contributed by atoms with Crippen molar-refractivity contribution in [3.05, 3.63) is 41.4 Å². The molecule has 0 aromatic heterocycles. The monoisotopic (exact) mass is 242 g/mol. The van der Waals surface area contributed by atoms with Crippen molar-refractivity contribution in [2.24, 2.45) is 0 Å². The normalized spacial score (nSPS) is 10.2.